The third-order valence-electron chi connectivity index (χ3n) is 3.89. The summed E-state index contributed by atoms with van der Waals surface area (Å²) < 4.78 is 1.82. The normalized spacial score (nSPS) is 11.5. The van der Waals surface area contributed by atoms with Crippen molar-refractivity contribution in [3.05, 3.63) is 59.1 Å². The zero-order valence-corrected chi connectivity index (χ0v) is 15.3. The molecular formula is C18H17N7S. The molecule has 130 valence electrons. The van der Waals surface area contributed by atoms with Crippen molar-refractivity contribution < 1.29 is 0 Å². The summed E-state index contributed by atoms with van der Waals surface area (Å²) in [6.45, 7) is 0.533. The van der Waals surface area contributed by atoms with E-state index in [4.69, 9.17) is 0 Å². The smallest absolute Gasteiger partial charge is 0.231 e. The van der Waals surface area contributed by atoms with Gasteiger partial charge in [0.25, 0.3) is 0 Å². The van der Waals surface area contributed by atoms with Gasteiger partial charge in [-0.15, -0.1) is 15.3 Å². The quantitative estimate of drug-likeness (QED) is 0.509. The summed E-state index contributed by atoms with van der Waals surface area (Å²) in [6, 6.07) is 16.0. The molecule has 0 unspecified atom stereocenters. The predicted octanol–water partition coefficient (Wildman–Crippen LogP) is 3.15. The van der Waals surface area contributed by atoms with Crippen LogP contribution in [-0.4, -0.2) is 45.5 Å². The number of benzene rings is 2. The van der Waals surface area contributed by atoms with Crippen molar-refractivity contribution in [2.24, 2.45) is 4.99 Å². The number of anilines is 1. The van der Waals surface area contributed by atoms with E-state index in [0.29, 0.717) is 11.7 Å². The van der Waals surface area contributed by atoms with E-state index in [1.807, 2.05) is 55.2 Å². The van der Waals surface area contributed by atoms with Gasteiger partial charge in [0, 0.05) is 26.0 Å². The number of fused-ring (bicyclic) bond motifs is 1. The highest BCUT2D eigenvalue weighted by molar-refractivity contribution is 7.14. The average Bonchev–Trinajstić information content (AvgIpc) is 3.28. The molecule has 0 N–H and O–H groups in total. The zero-order chi connectivity index (χ0) is 17.9. The lowest BCUT2D eigenvalue weighted by Gasteiger charge is -2.11. The van der Waals surface area contributed by atoms with Gasteiger partial charge in [-0.2, -0.15) is 0 Å². The first-order chi connectivity index (χ1) is 12.7. The fourth-order valence-electron chi connectivity index (χ4n) is 2.51. The van der Waals surface area contributed by atoms with E-state index in [2.05, 4.69) is 42.5 Å². The molecule has 26 heavy (non-hydrogen) atoms. The predicted molar refractivity (Wildman–Crippen MR) is 105 cm³/mol. The topological polar surface area (TPSA) is 72.1 Å². The van der Waals surface area contributed by atoms with Crippen molar-refractivity contribution in [2.45, 2.75) is 6.54 Å². The van der Waals surface area contributed by atoms with Crippen LogP contribution < -0.4 is 4.90 Å². The molecule has 4 aromatic rings. The molecule has 2 aromatic heterocycles. The van der Waals surface area contributed by atoms with Crippen LogP contribution >= 0.6 is 11.3 Å². The Morgan fingerprint density at radius 2 is 1.85 bits per heavy atom. The summed E-state index contributed by atoms with van der Waals surface area (Å²) in [6.07, 6.45) is 1.80. The Morgan fingerprint density at radius 3 is 2.65 bits per heavy atom. The minimum Gasteiger partial charge on any atom is -0.378 e. The van der Waals surface area contributed by atoms with Crippen molar-refractivity contribution in [3.63, 3.8) is 0 Å². The second-order valence-corrected chi connectivity index (χ2v) is 7.00. The van der Waals surface area contributed by atoms with E-state index in [1.165, 1.54) is 11.3 Å². The van der Waals surface area contributed by atoms with E-state index >= 15 is 0 Å². The largest absolute Gasteiger partial charge is 0.378 e. The fourth-order valence-corrected chi connectivity index (χ4v) is 3.18. The van der Waals surface area contributed by atoms with Gasteiger partial charge in [0.15, 0.2) is 0 Å². The Bertz CT molecular complexity index is 1050. The standard InChI is InChI=1S/C18H17N7S/c1-24(2)14-9-7-13(8-10-14)11-19-18-22-21-17(26-18)12-25-16-6-4-3-5-15(16)20-23-25/h3-11H,12H2,1-2H3/b19-11+. The first kappa shape index (κ1) is 16.3. The monoisotopic (exact) mass is 363 g/mol. The van der Waals surface area contributed by atoms with E-state index in [-0.39, 0.29) is 0 Å². The molecule has 0 saturated carbocycles. The third kappa shape index (κ3) is 3.45. The summed E-state index contributed by atoms with van der Waals surface area (Å²) in [5.74, 6) is 0. The molecule has 0 spiro atoms. The molecule has 0 atom stereocenters. The Morgan fingerprint density at radius 1 is 1.04 bits per heavy atom. The first-order valence-electron chi connectivity index (χ1n) is 8.11. The molecule has 2 aromatic carbocycles. The summed E-state index contributed by atoms with van der Waals surface area (Å²) in [5, 5.41) is 18.1. The summed E-state index contributed by atoms with van der Waals surface area (Å²) >= 11 is 1.45. The number of hydrogen-bond donors (Lipinski definition) is 0. The Balaban J connectivity index is 1.47. The highest BCUT2D eigenvalue weighted by atomic mass is 32.1. The molecular weight excluding hydrogens is 346 g/mol. The third-order valence-corrected chi connectivity index (χ3v) is 4.71. The molecule has 0 bridgehead atoms. The fraction of sp³-hybridized carbons (Fsp3) is 0.167. The highest BCUT2D eigenvalue weighted by Crippen LogP contribution is 2.21. The van der Waals surface area contributed by atoms with Gasteiger partial charge in [-0.25, -0.2) is 9.67 Å². The molecule has 2 heterocycles. The van der Waals surface area contributed by atoms with Crippen LogP contribution in [0.15, 0.2) is 53.5 Å². The van der Waals surface area contributed by atoms with Crippen LogP contribution in [0.1, 0.15) is 10.6 Å². The lowest BCUT2D eigenvalue weighted by molar-refractivity contribution is 0.662. The molecule has 0 aliphatic carbocycles. The van der Waals surface area contributed by atoms with E-state index < -0.39 is 0 Å². The molecule has 4 rings (SSSR count). The van der Waals surface area contributed by atoms with Crippen molar-refractivity contribution in [2.75, 3.05) is 19.0 Å². The van der Waals surface area contributed by atoms with E-state index in [1.54, 1.807) is 6.21 Å². The molecule has 0 saturated heterocycles. The van der Waals surface area contributed by atoms with Gasteiger partial charge in [0.1, 0.15) is 10.5 Å². The maximum atomic E-state index is 4.42. The van der Waals surface area contributed by atoms with Gasteiger partial charge in [-0.3, -0.25) is 0 Å². The van der Waals surface area contributed by atoms with Crippen molar-refractivity contribution in [1.29, 1.82) is 0 Å². The van der Waals surface area contributed by atoms with Crippen LogP contribution in [0.2, 0.25) is 0 Å². The second-order valence-electron chi connectivity index (χ2n) is 5.96. The summed E-state index contributed by atoms with van der Waals surface area (Å²) in [4.78, 5) is 6.49. The Kier molecular flexibility index (Phi) is 4.40. The van der Waals surface area contributed by atoms with Gasteiger partial charge in [-0.05, 0) is 29.8 Å². The van der Waals surface area contributed by atoms with Gasteiger partial charge in [-0.1, -0.05) is 40.8 Å². The number of hydrogen-bond acceptors (Lipinski definition) is 7. The van der Waals surface area contributed by atoms with Gasteiger partial charge < -0.3 is 4.90 Å². The summed E-state index contributed by atoms with van der Waals surface area (Å²) in [5.41, 5.74) is 4.03. The van der Waals surface area contributed by atoms with Crippen molar-refractivity contribution >= 4 is 39.4 Å². The van der Waals surface area contributed by atoms with Crippen LogP contribution in [-0.2, 0) is 6.54 Å². The number of para-hydroxylation sites is 1. The number of nitrogens with zero attached hydrogens (tertiary/aromatic N) is 7. The molecule has 0 aliphatic rings. The average molecular weight is 363 g/mol. The van der Waals surface area contributed by atoms with Gasteiger partial charge >= 0.3 is 0 Å². The lowest BCUT2D eigenvalue weighted by Crippen LogP contribution is -2.08. The number of aliphatic imine (C=N–C) groups is 1. The Labute approximate surface area is 154 Å². The minimum absolute atomic E-state index is 0.533. The zero-order valence-electron chi connectivity index (χ0n) is 14.4. The van der Waals surface area contributed by atoms with Crippen LogP contribution in [0.25, 0.3) is 11.0 Å². The van der Waals surface area contributed by atoms with Gasteiger partial charge in [0.2, 0.25) is 5.13 Å². The summed E-state index contributed by atoms with van der Waals surface area (Å²) in [7, 11) is 4.04. The first-order valence-corrected chi connectivity index (χ1v) is 8.93. The van der Waals surface area contributed by atoms with Crippen molar-refractivity contribution in [3.8, 4) is 0 Å². The maximum absolute atomic E-state index is 4.42. The molecule has 7 nitrogen and oxygen atoms in total. The highest BCUT2D eigenvalue weighted by Gasteiger charge is 2.08. The lowest BCUT2D eigenvalue weighted by atomic mass is 10.2. The van der Waals surface area contributed by atoms with E-state index in [9.17, 15) is 0 Å². The maximum Gasteiger partial charge on any atom is 0.231 e. The Hall–Kier alpha value is -3.13. The van der Waals surface area contributed by atoms with Crippen molar-refractivity contribution in [1.82, 2.24) is 25.2 Å². The molecule has 0 radical (unpaired) electrons. The number of rotatable bonds is 5. The van der Waals surface area contributed by atoms with Crippen LogP contribution in [0, 0.1) is 0 Å². The molecule has 0 aliphatic heterocycles. The second kappa shape index (κ2) is 7.01. The number of aromatic nitrogens is 5. The molecule has 8 heteroatoms. The van der Waals surface area contributed by atoms with Crippen LogP contribution in [0.3, 0.4) is 0 Å². The molecule has 0 fully saturated rings. The minimum atomic E-state index is 0.533. The van der Waals surface area contributed by atoms with Gasteiger partial charge in [0.05, 0.1) is 12.1 Å². The molecule has 0 amide bonds. The SMILES string of the molecule is CN(C)c1ccc(/C=N/c2nnc(Cn3nnc4ccccc43)s2)cc1. The van der Waals surface area contributed by atoms with Crippen LogP contribution in [0.4, 0.5) is 10.8 Å². The van der Waals surface area contributed by atoms with Crippen LogP contribution in [0.5, 0.6) is 0 Å². The van der Waals surface area contributed by atoms with E-state index in [0.717, 1.165) is 27.3 Å².